The lowest BCUT2D eigenvalue weighted by Crippen LogP contribution is -2.02. The van der Waals surface area contributed by atoms with Crippen molar-refractivity contribution in [2.75, 3.05) is 13.7 Å². The van der Waals surface area contributed by atoms with Gasteiger partial charge in [-0.15, -0.1) is 0 Å². The van der Waals surface area contributed by atoms with Gasteiger partial charge in [-0.25, -0.2) is 0 Å². The Bertz CT molecular complexity index is 728. The molecule has 0 aliphatic carbocycles. The number of rotatable bonds is 7. The first-order valence-corrected chi connectivity index (χ1v) is 7.97. The molecule has 0 spiro atoms. The molecule has 0 saturated heterocycles. The van der Waals surface area contributed by atoms with Crippen molar-refractivity contribution in [3.63, 3.8) is 0 Å². The van der Waals surface area contributed by atoms with Crippen molar-refractivity contribution in [2.24, 2.45) is 10.9 Å². The fraction of sp³-hybridized carbons (Fsp3) is 0.300. The molecule has 0 unspecified atom stereocenters. The van der Waals surface area contributed by atoms with Crippen molar-refractivity contribution >= 4 is 11.9 Å². The SMILES string of the molecule is COc1cc(C=Nc2ccc(C#N)cc2)ccc1OCCC(C)C. The van der Waals surface area contributed by atoms with Gasteiger partial charge in [0.25, 0.3) is 0 Å². The number of hydrogen-bond donors (Lipinski definition) is 0. The highest BCUT2D eigenvalue weighted by Gasteiger charge is 2.05. The minimum absolute atomic E-state index is 0.606. The van der Waals surface area contributed by atoms with E-state index in [0.29, 0.717) is 23.8 Å². The zero-order valence-electron chi connectivity index (χ0n) is 14.3. The van der Waals surface area contributed by atoms with Crippen LogP contribution in [-0.4, -0.2) is 19.9 Å². The largest absolute Gasteiger partial charge is 0.493 e. The Labute approximate surface area is 143 Å². The Kier molecular flexibility index (Phi) is 6.39. The first-order valence-electron chi connectivity index (χ1n) is 7.97. The number of nitriles is 1. The molecule has 2 aromatic rings. The average Bonchev–Trinajstić information content (AvgIpc) is 2.60. The second-order valence-corrected chi connectivity index (χ2v) is 5.86. The second kappa shape index (κ2) is 8.73. The third kappa shape index (κ3) is 5.13. The van der Waals surface area contributed by atoms with Crippen LogP contribution in [0.5, 0.6) is 11.5 Å². The summed E-state index contributed by atoms with van der Waals surface area (Å²) < 4.78 is 11.2. The molecule has 0 fully saturated rings. The first-order chi connectivity index (χ1) is 11.6. The third-order valence-electron chi connectivity index (χ3n) is 3.50. The van der Waals surface area contributed by atoms with Gasteiger partial charge in [0.1, 0.15) is 0 Å². The van der Waals surface area contributed by atoms with Crippen molar-refractivity contribution < 1.29 is 9.47 Å². The molecule has 0 aliphatic heterocycles. The number of nitrogens with zero attached hydrogens (tertiary/aromatic N) is 2. The number of benzene rings is 2. The maximum absolute atomic E-state index is 8.80. The minimum Gasteiger partial charge on any atom is -0.493 e. The Hall–Kier alpha value is -2.80. The zero-order valence-corrected chi connectivity index (χ0v) is 14.3. The van der Waals surface area contributed by atoms with E-state index in [4.69, 9.17) is 14.7 Å². The Balaban J connectivity index is 2.07. The van der Waals surface area contributed by atoms with E-state index in [1.54, 1.807) is 25.5 Å². The molecule has 2 aromatic carbocycles. The smallest absolute Gasteiger partial charge is 0.161 e. The Morgan fingerprint density at radius 1 is 1.12 bits per heavy atom. The Morgan fingerprint density at radius 3 is 2.50 bits per heavy atom. The molecule has 0 saturated carbocycles. The Morgan fingerprint density at radius 2 is 1.88 bits per heavy atom. The van der Waals surface area contributed by atoms with Gasteiger partial charge >= 0.3 is 0 Å². The van der Waals surface area contributed by atoms with Crippen LogP contribution in [0.2, 0.25) is 0 Å². The fourth-order valence-electron chi connectivity index (χ4n) is 2.06. The molecule has 0 radical (unpaired) electrons. The lowest BCUT2D eigenvalue weighted by atomic mass is 10.1. The molecule has 0 aromatic heterocycles. The summed E-state index contributed by atoms with van der Waals surface area (Å²) >= 11 is 0. The molecule has 0 amide bonds. The van der Waals surface area contributed by atoms with Crippen molar-refractivity contribution in [3.05, 3.63) is 53.6 Å². The molecular weight excluding hydrogens is 300 g/mol. The van der Waals surface area contributed by atoms with Crippen LogP contribution >= 0.6 is 0 Å². The predicted octanol–water partition coefficient (Wildman–Crippen LogP) is 4.74. The van der Waals surface area contributed by atoms with Crippen LogP contribution in [0.3, 0.4) is 0 Å². The molecule has 0 atom stereocenters. The summed E-state index contributed by atoms with van der Waals surface area (Å²) in [4.78, 5) is 4.41. The standard InChI is InChI=1S/C20H22N2O2/c1-15(2)10-11-24-19-9-6-17(12-20(19)23-3)14-22-18-7-4-16(13-21)5-8-18/h4-9,12,14-15H,10-11H2,1-3H3. The van der Waals surface area contributed by atoms with Crippen LogP contribution in [0.4, 0.5) is 5.69 Å². The van der Waals surface area contributed by atoms with E-state index in [2.05, 4.69) is 24.9 Å². The van der Waals surface area contributed by atoms with Crippen LogP contribution in [0.1, 0.15) is 31.4 Å². The second-order valence-electron chi connectivity index (χ2n) is 5.86. The molecule has 4 heteroatoms. The summed E-state index contributed by atoms with van der Waals surface area (Å²) in [7, 11) is 1.63. The average molecular weight is 322 g/mol. The van der Waals surface area contributed by atoms with Gasteiger partial charge in [0, 0.05) is 6.21 Å². The van der Waals surface area contributed by atoms with Crippen LogP contribution in [-0.2, 0) is 0 Å². The maximum Gasteiger partial charge on any atom is 0.161 e. The predicted molar refractivity (Wildman–Crippen MR) is 96.4 cm³/mol. The molecule has 124 valence electrons. The summed E-state index contributed by atoms with van der Waals surface area (Å²) in [6.07, 6.45) is 2.77. The van der Waals surface area contributed by atoms with E-state index in [-0.39, 0.29) is 0 Å². The lowest BCUT2D eigenvalue weighted by molar-refractivity contribution is 0.273. The van der Waals surface area contributed by atoms with E-state index >= 15 is 0 Å². The van der Waals surface area contributed by atoms with Crippen LogP contribution in [0, 0.1) is 17.2 Å². The number of ether oxygens (including phenoxy) is 2. The van der Waals surface area contributed by atoms with Crippen molar-refractivity contribution in [1.82, 2.24) is 0 Å². The summed E-state index contributed by atoms with van der Waals surface area (Å²) in [6.45, 7) is 5.01. The van der Waals surface area contributed by atoms with Crippen molar-refractivity contribution in [3.8, 4) is 17.6 Å². The van der Waals surface area contributed by atoms with Gasteiger partial charge in [-0.2, -0.15) is 5.26 Å². The van der Waals surface area contributed by atoms with Gasteiger partial charge in [-0.05, 0) is 60.4 Å². The van der Waals surface area contributed by atoms with E-state index in [0.717, 1.165) is 23.4 Å². The number of hydrogen-bond acceptors (Lipinski definition) is 4. The molecular formula is C20H22N2O2. The van der Waals surface area contributed by atoms with Crippen molar-refractivity contribution in [2.45, 2.75) is 20.3 Å². The first kappa shape index (κ1) is 17.6. The summed E-state index contributed by atoms with van der Waals surface area (Å²) in [6, 6.07) is 15.0. The lowest BCUT2D eigenvalue weighted by Gasteiger charge is -2.12. The quantitative estimate of drug-likeness (QED) is 0.692. The van der Waals surface area contributed by atoms with Gasteiger partial charge < -0.3 is 9.47 Å². The van der Waals surface area contributed by atoms with E-state index in [1.807, 2.05) is 30.3 Å². The number of aliphatic imine (C=N–C) groups is 1. The maximum atomic E-state index is 8.80. The van der Waals surface area contributed by atoms with Gasteiger partial charge in [0.05, 0.1) is 31.0 Å². The molecule has 0 heterocycles. The van der Waals surface area contributed by atoms with Gasteiger partial charge in [-0.3, -0.25) is 4.99 Å². The van der Waals surface area contributed by atoms with Crippen molar-refractivity contribution in [1.29, 1.82) is 5.26 Å². The molecule has 2 rings (SSSR count). The topological polar surface area (TPSA) is 54.6 Å². The zero-order chi connectivity index (χ0) is 17.4. The van der Waals surface area contributed by atoms with Crippen LogP contribution < -0.4 is 9.47 Å². The molecule has 4 nitrogen and oxygen atoms in total. The highest BCUT2D eigenvalue weighted by molar-refractivity contribution is 5.83. The van der Waals surface area contributed by atoms with Crippen LogP contribution in [0.25, 0.3) is 0 Å². The normalized spacial score (nSPS) is 10.8. The monoisotopic (exact) mass is 322 g/mol. The van der Waals surface area contributed by atoms with E-state index in [1.165, 1.54) is 0 Å². The third-order valence-corrected chi connectivity index (χ3v) is 3.50. The number of methoxy groups -OCH3 is 1. The highest BCUT2D eigenvalue weighted by Crippen LogP contribution is 2.28. The van der Waals surface area contributed by atoms with Gasteiger partial charge in [0.15, 0.2) is 11.5 Å². The molecule has 0 aliphatic rings. The van der Waals surface area contributed by atoms with E-state index in [9.17, 15) is 0 Å². The molecule has 0 N–H and O–H groups in total. The molecule has 0 bridgehead atoms. The van der Waals surface area contributed by atoms with Crippen LogP contribution in [0.15, 0.2) is 47.5 Å². The summed E-state index contributed by atoms with van der Waals surface area (Å²) in [5.74, 6) is 2.05. The molecule has 24 heavy (non-hydrogen) atoms. The fourth-order valence-corrected chi connectivity index (χ4v) is 2.06. The summed E-state index contributed by atoms with van der Waals surface area (Å²) in [5.41, 5.74) is 2.34. The van der Waals surface area contributed by atoms with Gasteiger partial charge in [-0.1, -0.05) is 13.8 Å². The van der Waals surface area contributed by atoms with E-state index < -0.39 is 0 Å². The minimum atomic E-state index is 0.606. The van der Waals surface area contributed by atoms with Gasteiger partial charge in [0.2, 0.25) is 0 Å². The summed E-state index contributed by atoms with van der Waals surface area (Å²) in [5, 5.41) is 8.80. The highest BCUT2D eigenvalue weighted by atomic mass is 16.5.